The van der Waals surface area contributed by atoms with Gasteiger partial charge in [0, 0.05) is 12.4 Å². The third-order valence-corrected chi connectivity index (χ3v) is 4.09. The molecule has 2 radical (unpaired) electrons. The Bertz CT molecular complexity index is 416. The summed E-state index contributed by atoms with van der Waals surface area (Å²) >= 11 is 0. The number of rotatable bonds is 4. The predicted octanol–water partition coefficient (Wildman–Crippen LogP) is 1.96. The molecule has 3 heteroatoms. The van der Waals surface area contributed by atoms with E-state index in [2.05, 4.69) is 47.2 Å². The summed E-state index contributed by atoms with van der Waals surface area (Å²) in [5.74, 6) is 0. The summed E-state index contributed by atoms with van der Waals surface area (Å²) in [6.45, 7) is 2.22. The molecule has 0 saturated carbocycles. The van der Waals surface area contributed by atoms with Gasteiger partial charge in [-0.05, 0) is 17.2 Å². The molecule has 16 heavy (non-hydrogen) atoms. The molecular formula is C13H14N2Si. The minimum absolute atomic E-state index is 0.545. The van der Waals surface area contributed by atoms with Gasteiger partial charge in [-0.1, -0.05) is 43.7 Å². The Balaban J connectivity index is 2.13. The zero-order valence-corrected chi connectivity index (χ0v) is 10.3. The van der Waals surface area contributed by atoms with Crippen LogP contribution in [0.15, 0.2) is 48.8 Å². The van der Waals surface area contributed by atoms with E-state index < -0.39 is 0 Å². The van der Waals surface area contributed by atoms with E-state index in [4.69, 9.17) is 0 Å². The lowest BCUT2D eigenvalue weighted by Crippen LogP contribution is -2.27. The van der Waals surface area contributed by atoms with Crippen molar-refractivity contribution < 1.29 is 0 Å². The van der Waals surface area contributed by atoms with Crippen LogP contribution in [0, 0.1) is 0 Å². The average Bonchev–Trinajstić information content (AvgIpc) is 2.38. The highest BCUT2D eigenvalue weighted by Gasteiger charge is 2.12. The maximum absolute atomic E-state index is 4.29. The van der Waals surface area contributed by atoms with Gasteiger partial charge in [0.05, 0.1) is 0 Å². The number of nitrogens with zero attached hydrogens (tertiary/aromatic N) is 2. The summed E-state index contributed by atoms with van der Waals surface area (Å²) < 4.78 is 0. The number of benzene rings is 1. The molecule has 0 saturated heterocycles. The average molecular weight is 226 g/mol. The lowest BCUT2D eigenvalue weighted by Gasteiger charge is -2.12. The minimum atomic E-state index is 0.545. The van der Waals surface area contributed by atoms with Crippen LogP contribution >= 0.6 is 0 Å². The lowest BCUT2D eigenvalue weighted by atomic mass is 10.1. The Morgan fingerprint density at radius 2 is 1.75 bits per heavy atom. The molecule has 1 atom stereocenters. The van der Waals surface area contributed by atoms with Crippen LogP contribution < -0.4 is 5.45 Å². The first-order valence-corrected chi connectivity index (χ1v) is 6.56. The van der Waals surface area contributed by atoms with Gasteiger partial charge in [-0.15, -0.1) is 0 Å². The number of hydrogen-bond donors (Lipinski definition) is 0. The third-order valence-electron chi connectivity index (χ3n) is 2.48. The quantitative estimate of drug-likeness (QED) is 0.745. The molecule has 2 aromatic rings. The maximum atomic E-state index is 4.29. The van der Waals surface area contributed by atoms with Gasteiger partial charge in [0.2, 0.25) is 0 Å². The van der Waals surface area contributed by atoms with Gasteiger partial charge >= 0.3 is 0 Å². The van der Waals surface area contributed by atoms with E-state index in [9.17, 15) is 0 Å². The zero-order chi connectivity index (χ0) is 11.2. The molecule has 1 heterocycles. The summed E-state index contributed by atoms with van der Waals surface area (Å²) in [6, 6.07) is 12.5. The largest absolute Gasteiger partial charge is 0.247 e. The van der Waals surface area contributed by atoms with Crippen molar-refractivity contribution in [2.75, 3.05) is 0 Å². The molecule has 1 aromatic carbocycles. The van der Waals surface area contributed by atoms with Crippen LogP contribution in [-0.2, 0) is 0 Å². The van der Waals surface area contributed by atoms with Crippen LogP contribution in [0.1, 0.15) is 24.4 Å². The molecular weight excluding hydrogens is 212 g/mol. The second-order valence-corrected chi connectivity index (χ2v) is 5.02. The molecule has 0 aliphatic rings. The van der Waals surface area contributed by atoms with Crippen molar-refractivity contribution in [3.8, 4) is 0 Å². The smallest absolute Gasteiger partial charge is 0.143 e. The fourth-order valence-electron chi connectivity index (χ4n) is 1.64. The van der Waals surface area contributed by atoms with Gasteiger partial charge < -0.3 is 0 Å². The molecule has 0 spiro atoms. The Labute approximate surface area is 98.6 Å². The van der Waals surface area contributed by atoms with E-state index in [-0.39, 0.29) is 0 Å². The molecule has 0 aliphatic heterocycles. The lowest BCUT2D eigenvalue weighted by molar-refractivity contribution is 0.873. The van der Waals surface area contributed by atoms with Crippen LogP contribution in [-0.4, -0.2) is 19.5 Å². The van der Waals surface area contributed by atoms with E-state index in [1.807, 2.05) is 18.5 Å². The van der Waals surface area contributed by atoms with Crippen LogP contribution in [0.2, 0.25) is 0 Å². The predicted molar refractivity (Wildman–Crippen MR) is 66.9 cm³/mol. The highest BCUT2D eigenvalue weighted by Crippen LogP contribution is 2.16. The molecule has 0 amide bonds. The van der Waals surface area contributed by atoms with Gasteiger partial charge in [0.25, 0.3) is 0 Å². The molecule has 0 aliphatic carbocycles. The zero-order valence-electron chi connectivity index (χ0n) is 9.30. The van der Waals surface area contributed by atoms with Crippen LogP contribution in [0.4, 0.5) is 0 Å². The fraction of sp³-hybridized carbons (Fsp3) is 0.231. The molecule has 0 N–H and O–H groups in total. The molecule has 80 valence electrons. The molecule has 2 rings (SSSR count). The Morgan fingerprint density at radius 1 is 1.06 bits per heavy atom. The molecule has 0 fully saturated rings. The molecule has 0 unspecified atom stereocenters. The number of hydrogen-bond acceptors (Lipinski definition) is 2. The Kier molecular flexibility index (Phi) is 3.83. The van der Waals surface area contributed by atoms with Crippen LogP contribution in [0.25, 0.3) is 0 Å². The van der Waals surface area contributed by atoms with E-state index in [1.54, 1.807) is 0 Å². The first-order chi connectivity index (χ1) is 7.90. The van der Waals surface area contributed by atoms with Crippen molar-refractivity contribution >= 4 is 15.0 Å². The van der Waals surface area contributed by atoms with Gasteiger partial charge in [-0.25, -0.2) is 9.97 Å². The van der Waals surface area contributed by atoms with Gasteiger partial charge in [-0.2, -0.15) is 0 Å². The van der Waals surface area contributed by atoms with Gasteiger partial charge in [-0.3, -0.25) is 0 Å². The highest BCUT2D eigenvalue weighted by atomic mass is 28.2. The summed E-state index contributed by atoms with van der Waals surface area (Å²) in [5.41, 5.74) is 2.89. The molecule has 0 bridgehead atoms. The topological polar surface area (TPSA) is 25.8 Å². The van der Waals surface area contributed by atoms with Crippen molar-refractivity contribution in [1.29, 1.82) is 0 Å². The number of aromatic nitrogens is 2. The van der Waals surface area contributed by atoms with Crippen molar-refractivity contribution in [3.05, 3.63) is 54.4 Å². The fourth-order valence-corrected chi connectivity index (χ4v) is 2.81. The molecule has 1 aromatic heterocycles. The summed E-state index contributed by atoms with van der Waals surface area (Å²) in [4.78, 5) is 8.59. The summed E-state index contributed by atoms with van der Waals surface area (Å²) in [7, 11) is 0.651. The highest BCUT2D eigenvalue weighted by molar-refractivity contribution is 6.52. The Morgan fingerprint density at radius 3 is 2.38 bits per heavy atom. The third kappa shape index (κ3) is 2.76. The first-order valence-electron chi connectivity index (χ1n) is 5.48. The Hall–Kier alpha value is -1.48. The summed E-state index contributed by atoms with van der Waals surface area (Å²) in [6.07, 6.45) is 4.75. The van der Waals surface area contributed by atoms with Gasteiger partial charge in [0.15, 0.2) is 0 Å². The minimum Gasteiger partial charge on any atom is -0.247 e. The molecule has 2 nitrogen and oxygen atoms in total. The van der Waals surface area contributed by atoms with Crippen LogP contribution in [0.3, 0.4) is 0 Å². The second-order valence-electron chi connectivity index (χ2n) is 3.59. The summed E-state index contributed by atoms with van der Waals surface area (Å²) in [5, 5.41) is 0. The normalized spacial score (nSPS) is 12.3. The van der Waals surface area contributed by atoms with E-state index in [0.29, 0.717) is 15.1 Å². The van der Waals surface area contributed by atoms with Crippen molar-refractivity contribution in [2.24, 2.45) is 0 Å². The van der Waals surface area contributed by atoms with Crippen molar-refractivity contribution in [3.63, 3.8) is 0 Å². The first kappa shape index (κ1) is 11.0. The van der Waals surface area contributed by atoms with Crippen molar-refractivity contribution in [2.45, 2.75) is 18.9 Å². The second kappa shape index (κ2) is 5.56. The monoisotopic (exact) mass is 226 g/mol. The SMILES string of the molecule is CC[C@H]([Si]c1ncccn1)c1ccccc1. The standard InChI is InChI=1S/C13H14N2Si/c1-2-12(11-7-4-3-5-8-11)16-13-14-9-6-10-15-13/h3-10,12H,2H2,1H3/t12-/m0/s1. The van der Waals surface area contributed by atoms with Gasteiger partial charge in [0.1, 0.15) is 15.0 Å². The van der Waals surface area contributed by atoms with E-state index in [1.165, 1.54) is 5.56 Å². The van der Waals surface area contributed by atoms with E-state index in [0.717, 1.165) is 11.9 Å². The van der Waals surface area contributed by atoms with Crippen molar-refractivity contribution in [1.82, 2.24) is 9.97 Å². The van der Waals surface area contributed by atoms with Crippen LogP contribution in [0.5, 0.6) is 0 Å². The maximum Gasteiger partial charge on any atom is 0.143 e. The van der Waals surface area contributed by atoms with E-state index >= 15 is 0 Å².